The maximum Gasteiger partial charge on any atom is 0.187 e. The molecule has 1 aromatic rings. The lowest BCUT2D eigenvalue weighted by Crippen LogP contribution is -2.33. The van der Waals surface area contributed by atoms with E-state index in [0.29, 0.717) is 6.42 Å². The molecule has 0 saturated heterocycles. The van der Waals surface area contributed by atoms with Gasteiger partial charge in [0.15, 0.2) is 16.9 Å². The van der Waals surface area contributed by atoms with E-state index in [1.807, 2.05) is 18.4 Å². The van der Waals surface area contributed by atoms with E-state index in [4.69, 9.17) is 0 Å². The van der Waals surface area contributed by atoms with Crippen LogP contribution in [0.15, 0.2) is 76.7 Å². The smallest absolute Gasteiger partial charge is 0.187 e. The number of hydrogen-bond acceptors (Lipinski definition) is 4. The summed E-state index contributed by atoms with van der Waals surface area (Å²) >= 11 is -1.84. The lowest BCUT2D eigenvalue weighted by atomic mass is 9.76. The van der Waals surface area contributed by atoms with Gasteiger partial charge in [-0.15, -0.1) is 0 Å². The van der Waals surface area contributed by atoms with E-state index in [2.05, 4.69) is 41.5 Å². The number of ketones is 1. The monoisotopic (exact) mass is 444 g/mol. The fourth-order valence-electron chi connectivity index (χ4n) is 4.95. The third-order valence-electron chi connectivity index (χ3n) is 6.38. The molecule has 5 nitrogen and oxygen atoms in total. The van der Waals surface area contributed by atoms with E-state index in [1.165, 1.54) is 5.57 Å². The molecule has 0 amide bonds. The number of carbonyl (C=O) groups excluding carboxylic acids is 1. The summed E-state index contributed by atoms with van der Waals surface area (Å²) in [6, 6.07) is 4.15. The predicted molar refractivity (Wildman–Crippen MR) is 129 cm³/mol. The van der Waals surface area contributed by atoms with Crippen molar-refractivity contribution < 1.29 is 13.6 Å². The summed E-state index contributed by atoms with van der Waals surface area (Å²) in [4.78, 5) is 17.8. The third-order valence-corrected chi connectivity index (χ3v) is 6.94. The van der Waals surface area contributed by atoms with Gasteiger partial charge in [0.05, 0.1) is 17.6 Å². The Kier molecular flexibility index (Phi) is 5.49. The Morgan fingerprint density at radius 3 is 2.94 bits per heavy atom. The molecule has 1 heterocycles. The zero-order chi connectivity index (χ0) is 22.2. The van der Waals surface area contributed by atoms with Crippen LogP contribution in [0.25, 0.3) is 11.1 Å². The molecule has 6 heteroatoms. The van der Waals surface area contributed by atoms with Crippen LogP contribution >= 0.6 is 0 Å². The number of hydrogen-bond donors (Lipinski definition) is 2. The van der Waals surface area contributed by atoms with E-state index in [1.54, 1.807) is 18.5 Å². The first-order chi connectivity index (χ1) is 15.5. The zero-order valence-corrected chi connectivity index (χ0v) is 18.6. The van der Waals surface area contributed by atoms with Crippen molar-refractivity contribution in [1.29, 1.82) is 0 Å². The molecule has 1 aromatic carbocycles. The minimum Gasteiger partial charge on any atom is -0.360 e. The maximum atomic E-state index is 13.5. The number of allylic oxidation sites excluding steroid dienone is 6. The molecule has 32 heavy (non-hydrogen) atoms. The minimum absolute atomic E-state index is 0.0175. The highest BCUT2D eigenvalue weighted by Gasteiger charge is 2.29. The molecule has 0 saturated carbocycles. The van der Waals surface area contributed by atoms with E-state index in [-0.39, 0.29) is 17.5 Å². The summed E-state index contributed by atoms with van der Waals surface area (Å²) in [5.41, 5.74) is 6.89. The molecule has 0 spiro atoms. The van der Waals surface area contributed by atoms with Gasteiger partial charge in [0.2, 0.25) is 0 Å². The lowest BCUT2D eigenvalue weighted by molar-refractivity contribution is 0.104. The number of carbonyl (C=O) groups is 1. The fraction of sp³-hybridized carbons (Fsp3) is 0.231. The van der Waals surface area contributed by atoms with E-state index >= 15 is 0 Å². The van der Waals surface area contributed by atoms with Crippen molar-refractivity contribution in [3.05, 3.63) is 93.3 Å². The summed E-state index contributed by atoms with van der Waals surface area (Å²) in [7, 11) is 0. The molecule has 1 aliphatic heterocycles. The first-order valence-electron chi connectivity index (χ1n) is 10.8. The fourth-order valence-corrected chi connectivity index (χ4v) is 5.35. The highest BCUT2D eigenvalue weighted by atomic mass is 32.2. The summed E-state index contributed by atoms with van der Waals surface area (Å²) in [5.74, 6) is 0.309. The van der Waals surface area contributed by atoms with Crippen LogP contribution in [-0.2, 0) is 11.1 Å². The summed E-state index contributed by atoms with van der Waals surface area (Å²) in [5, 5.41) is 5.31. The SMILES string of the molecule is CC1C=CC(CCS(=O)O)=c2ccc3c(c21)C(=O)C=C1C(C2=CN=CC=CN2)=CCCC=31. The standard InChI is InChI=1S/C26H24N2O3S/c1-16-6-7-17(10-13-32(30)31)18-8-9-21-19-4-2-5-20(23-15-27-11-3-12-28-23)22(19)14-24(29)26(21)25(16)18/h3,5-9,11-12,14-16,28H,2,4,10,13H2,1H3,(H,30,31). The van der Waals surface area contributed by atoms with Gasteiger partial charge >= 0.3 is 0 Å². The van der Waals surface area contributed by atoms with Crippen LogP contribution in [0.2, 0.25) is 0 Å². The zero-order valence-electron chi connectivity index (χ0n) is 17.8. The Bertz CT molecular complexity index is 1360. The largest absolute Gasteiger partial charge is 0.360 e. The van der Waals surface area contributed by atoms with Crippen molar-refractivity contribution in [3.8, 4) is 0 Å². The predicted octanol–water partition coefficient (Wildman–Crippen LogP) is 3.15. The summed E-state index contributed by atoms with van der Waals surface area (Å²) in [6.45, 7) is 2.10. The molecule has 0 fully saturated rings. The van der Waals surface area contributed by atoms with Crippen LogP contribution in [0.5, 0.6) is 0 Å². The van der Waals surface area contributed by atoms with Crippen molar-refractivity contribution in [2.75, 3.05) is 5.75 Å². The van der Waals surface area contributed by atoms with Crippen molar-refractivity contribution in [1.82, 2.24) is 5.32 Å². The van der Waals surface area contributed by atoms with Gasteiger partial charge in [-0.2, -0.15) is 0 Å². The first kappa shape index (κ1) is 20.8. The normalized spacial score (nSPS) is 22.1. The molecule has 162 valence electrons. The number of benzene rings is 1. The van der Waals surface area contributed by atoms with Gasteiger partial charge in [-0.05, 0) is 64.1 Å². The molecule has 0 radical (unpaired) electrons. The van der Waals surface area contributed by atoms with Crippen LogP contribution in [0.3, 0.4) is 0 Å². The molecule has 0 bridgehead atoms. The van der Waals surface area contributed by atoms with Crippen molar-refractivity contribution in [2.45, 2.75) is 32.1 Å². The molecule has 3 aliphatic carbocycles. The number of nitrogens with one attached hydrogen (secondary N) is 1. The van der Waals surface area contributed by atoms with Crippen LogP contribution in [-0.4, -0.2) is 26.5 Å². The summed E-state index contributed by atoms with van der Waals surface area (Å²) in [6.07, 6.45) is 17.6. The van der Waals surface area contributed by atoms with E-state index < -0.39 is 11.1 Å². The quantitative estimate of drug-likeness (QED) is 0.700. The Hall–Kier alpha value is -3.09. The highest BCUT2D eigenvalue weighted by Crippen LogP contribution is 2.36. The Morgan fingerprint density at radius 2 is 2.09 bits per heavy atom. The van der Waals surface area contributed by atoms with Crippen molar-refractivity contribution in [2.24, 2.45) is 4.99 Å². The molecule has 2 N–H and O–H groups in total. The van der Waals surface area contributed by atoms with Gasteiger partial charge in [0.1, 0.15) is 0 Å². The number of fused-ring (bicyclic) bond motifs is 4. The molecule has 0 aromatic heterocycles. The van der Waals surface area contributed by atoms with Gasteiger partial charge < -0.3 is 9.87 Å². The average molecular weight is 445 g/mol. The topological polar surface area (TPSA) is 78.8 Å². The van der Waals surface area contributed by atoms with Gasteiger partial charge in [-0.25, -0.2) is 4.21 Å². The van der Waals surface area contributed by atoms with Gasteiger partial charge in [-0.1, -0.05) is 37.3 Å². The van der Waals surface area contributed by atoms with Gasteiger partial charge in [0.25, 0.3) is 0 Å². The van der Waals surface area contributed by atoms with Crippen LogP contribution < -0.4 is 15.8 Å². The molecular formula is C26H24N2O3S. The second-order valence-corrected chi connectivity index (χ2v) is 9.35. The van der Waals surface area contributed by atoms with E-state index in [0.717, 1.165) is 56.8 Å². The Morgan fingerprint density at radius 1 is 1.25 bits per heavy atom. The Balaban J connectivity index is 1.69. The number of rotatable bonds is 4. The molecule has 4 aliphatic rings. The average Bonchev–Trinajstić information content (AvgIpc) is 3.07. The van der Waals surface area contributed by atoms with Crippen LogP contribution in [0, 0.1) is 0 Å². The number of nitrogens with zero attached hydrogens (tertiary/aromatic N) is 1. The Labute approximate surface area is 189 Å². The van der Waals surface area contributed by atoms with Crippen LogP contribution in [0.4, 0.5) is 0 Å². The van der Waals surface area contributed by atoms with Crippen molar-refractivity contribution >= 4 is 34.2 Å². The summed E-state index contributed by atoms with van der Waals surface area (Å²) < 4.78 is 20.5. The van der Waals surface area contributed by atoms with Gasteiger partial charge in [-0.3, -0.25) is 9.79 Å². The maximum absolute atomic E-state index is 13.5. The second-order valence-electron chi connectivity index (χ2n) is 8.30. The molecule has 5 rings (SSSR count). The lowest BCUT2D eigenvalue weighted by Gasteiger charge is -2.28. The second kappa shape index (κ2) is 8.45. The third kappa shape index (κ3) is 3.59. The van der Waals surface area contributed by atoms with E-state index in [9.17, 15) is 13.6 Å². The van der Waals surface area contributed by atoms with Gasteiger partial charge in [0, 0.05) is 29.5 Å². The number of aliphatic imine (C=N–C) groups is 1. The minimum atomic E-state index is -1.84. The highest BCUT2D eigenvalue weighted by molar-refractivity contribution is 7.79. The molecular weight excluding hydrogens is 420 g/mol. The first-order valence-corrected chi connectivity index (χ1v) is 12.1. The molecule has 2 atom stereocenters. The van der Waals surface area contributed by atoms with Crippen molar-refractivity contribution in [3.63, 3.8) is 0 Å². The van der Waals surface area contributed by atoms with Crippen LogP contribution in [0.1, 0.15) is 48.0 Å². The molecule has 2 unspecified atom stereocenters.